The van der Waals surface area contributed by atoms with E-state index >= 15 is 0 Å². The summed E-state index contributed by atoms with van der Waals surface area (Å²) >= 11 is 0. The van der Waals surface area contributed by atoms with E-state index in [1.807, 2.05) is 18.7 Å². The van der Waals surface area contributed by atoms with Gasteiger partial charge in [-0.3, -0.25) is 4.79 Å². The number of likely N-dealkylation sites (N-methyl/N-ethyl adjacent to an activating group) is 1. The van der Waals surface area contributed by atoms with Gasteiger partial charge in [0.25, 0.3) is 0 Å². The topological polar surface area (TPSA) is 55.6 Å². The lowest BCUT2D eigenvalue weighted by atomic mass is 9.78. The molecule has 4 heteroatoms. The molecule has 2 N–H and O–H groups in total. The minimum Gasteiger partial charge on any atom is -0.383 e. The number of nitrogens with two attached hydrogens (primary N) is 1. The second kappa shape index (κ2) is 7.85. The summed E-state index contributed by atoms with van der Waals surface area (Å²) in [6, 6.07) is 0.120. The Labute approximate surface area is 117 Å². The van der Waals surface area contributed by atoms with Crippen LogP contribution in [-0.4, -0.2) is 43.7 Å². The second-order valence-electron chi connectivity index (χ2n) is 5.79. The van der Waals surface area contributed by atoms with Gasteiger partial charge < -0.3 is 15.4 Å². The first-order valence-corrected chi connectivity index (χ1v) is 7.61. The molecule has 1 fully saturated rings. The highest BCUT2D eigenvalue weighted by Gasteiger charge is 2.40. The fourth-order valence-electron chi connectivity index (χ4n) is 3.20. The summed E-state index contributed by atoms with van der Waals surface area (Å²) in [5.74, 6) is 0.240. The first-order valence-electron chi connectivity index (χ1n) is 7.61. The number of rotatable bonds is 6. The van der Waals surface area contributed by atoms with Crippen LogP contribution in [-0.2, 0) is 9.53 Å². The third-order valence-electron chi connectivity index (χ3n) is 4.45. The van der Waals surface area contributed by atoms with Gasteiger partial charge in [0.2, 0.25) is 5.91 Å². The summed E-state index contributed by atoms with van der Waals surface area (Å²) < 4.78 is 5.19. The number of amides is 1. The minimum atomic E-state index is -0.325. The highest BCUT2D eigenvalue weighted by Crippen LogP contribution is 2.36. The molecule has 1 rings (SSSR count). The van der Waals surface area contributed by atoms with Crippen LogP contribution in [0.25, 0.3) is 0 Å². The van der Waals surface area contributed by atoms with Crippen molar-refractivity contribution >= 4 is 5.91 Å². The Balaban J connectivity index is 2.84. The maximum atomic E-state index is 12.9. The van der Waals surface area contributed by atoms with Crippen molar-refractivity contribution < 1.29 is 9.53 Å². The van der Waals surface area contributed by atoms with Crippen molar-refractivity contribution in [2.45, 2.75) is 58.4 Å². The molecule has 4 nitrogen and oxygen atoms in total. The lowest BCUT2D eigenvalue weighted by Crippen LogP contribution is -2.51. The third-order valence-corrected chi connectivity index (χ3v) is 4.45. The van der Waals surface area contributed by atoms with Crippen molar-refractivity contribution in [2.24, 2.45) is 11.1 Å². The van der Waals surface area contributed by atoms with Crippen LogP contribution in [0.3, 0.4) is 0 Å². The van der Waals surface area contributed by atoms with E-state index in [4.69, 9.17) is 10.5 Å². The van der Waals surface area contributed by atoms with Crippen LogP contribution in [0.2, 0.25) is 0 Å². The molecule has 19 heavy (non-hydrogen) atoms. The molecule has 1 aliphatic carbocycles. The Morgan fingerprint density at radius 3 is 2.32 bits per heavy atom. The molecule has 112 valence electrons. The van der Waals surface area contributed by atoms with Crippen molar-refractivity contribution in [3.05, 3.63) is 0 Å². The number of hydrogen-bond donors (Lipinski definition) is 1. The van der Waals surface area contributed by atoms with E-state index < -0.39 is 0 Å². The van der Waals surface area contributed by atoms with Gasteiger partial charge in [-0.15, -0.1) is 0 Å². The molecule has 0 aromatic carbocycles. The number of methoxy groups -OCH3 is 1. The quantitative estimate of drug-likeness (QED) is 0.753. The molecule has 1 unspecified atom stereocenters. The number of nitrogens with zero attached hydrogens (tertiary/aromatic N) is 1. The lowest BCUT2D eigenvalue weighted by molar-refractivity contribution is -0.145. The molecular formula is C15H30N2O2. The smallest absolute Gasteiger partial charge is 0.230 e. The maximum absolute atomic E-state index is 12.9. The van der Waals surface area contributed by atoms with Crippen LogP contribution >= 0.6 is 0 Å². The third kappa shape index (κ3) is 3.93. The Morgan fingerprint density at radius 1 is 1.32 bits per heavy atom. The summed E-state index contributed by atoms with van der Waals surface area (Å²) in [4.78, 5) is 14.9. The Hall–Kier alpha value is -0.610. The van der Waals surface area contributed by atoms with Gasteiger partial charge in [-0.1, -0.05) is 25.7 Å². The second-order valence-corrected chi connectivity index (χ2v) is 5.79. The predicted octanol–water partition coefficient (Wildman–Crippen LogP) is 2.17. The summed E-state index contributed by atoms with van der Waals surface area (Å²) in [7, 11) is 1.68. The van der Waals surface area contributed by atoms with Crippen LogP contribution in [0.5, 0.6) is 0 Å². The van der Waals surface area contributed by atoms with E-state index in [0.29, 0.717) is 13.2 Å². The van der Waals surface area contributed by atoms with Crippen LogP contribution in [0.1, 0.15) is 52.4 Å². The molecule has 0 radical (unpaired) electrons. The predicted molar refractivity (Wildman–Crippen MR) is 77.9 cm³/mol. The molecule has 1 amide bonds. The molecule has 0 spiro atoms. The van der Waals surface area contributed by atoms with Crippen LogP contribution in [0.15, 0.2) is 0 Å². The van der Waals surface area contributed by atoms with Gasteiger partial charge in [0.05, 0.1) is 18.1 Å². The highest BCUT2D eigenvalue weighted by atomic mass is 16.5. The Morgan fingerprint density at radius 2 is 1.89 bits per heavy atom. The number of carbonyl (C=O) groups is 1. The lowest BCUT2D eigenvalue weighted by Gasteiger charge is -2.38. The van der Waals surface area contributed by atoms with Gasteiger partial charge in [0, 0.05) is 20.2 Å². The number of hydrogen-bond acceptors (Lipinski definition) is 3. The maximum Gasteiger partial charge on any atom is 0.230 e. The Bertz CT molecular complexity index is 273. The molecule has 0 bridgehead atoms. The molecule has 1 saturated carbocycles. The van der Waals surface area contributed by atoms with Gasteiger partial charge in [0.1, 0.15) is 0 Å². The number of carbonyl (C=O) groups excluding carboxylic acids is 1. The van der Waals surface area contributed by atoms with Crippen molar-refractivity contribution in [3.63, 3.8) is 0 Å². The first-order chi connectivity index (χ1) is 9.11. The SMILES string of the molecule is CCN(C(=O)C1(CN)CCCCCC1)C(C)COC. The summed E-state index contributed by atoms with van der Waals surface area (Å²) in [6.07, 6.45) is 6.60. The van der Waals surface area contributed by atoms with Crippen LogP contribution in [0, 0.1) is 5.41 Å². The van der Waals surface area contributed by atoms with E-state index in [2.05, 4.69) is 0 Å². The molecule has 1 aliphatic rings. The largest absolute Gasteiger partial charge is 0.383 e. The highest BCUT2D eigenvalue weighted by molar-refractivity contribution is 5.83. The summed E-state index contributed by atoms with van der Waals surface area (Å²) in [5, 5.41) is 0. The van der Waals surface area contributed by atoms with Gasteiger partial charge >= 0.3 is 0 Å². The minimum absolute atomic E-state index is 0.120. The van der Waals surface area contributed by atoms with E-state index in [0.717, 1.165) is 32.2 Å². The summed E-state index contributed by atoms with van der Waals surface area (Å²) in [6.45, 7) is 5.87. The van der Waals surface area contributed by atoms with Gasteiger partial charge in [-0.05, 0) is 26.7 Å². The van der Waals surface area contributed by atoms with Crippen molar-refractivity contribution in [1.29, 1.82) is 0 Å². The normalized spacial score (nSPS) is 20.6. The monoisotopic (exact) mass is 270 g/mol. The average Bonchev–Trinajstić information content (AvgIpc) is 2.66. The van der Waals surface area contributed by atoms with Crippen LogP contribution < -0.4 is 5.73 Å². The van der Waals surface area contributed by atoms with Crippen molar-refractivity contribution in [2.75, 3.05) is 26.8 Å². The molecule has 1 atom stereocenters. The van der Waals surface area contributed by atoms with E-state index in [9.17, 15) is 4.79 Å². The molecule has 0 saturated heterocycles. The van der Waals surface area contributed by atoms with Gasteiger partial charge in [0.15, 0.2) is 0 Å². The van der Waals surface area contributed by atoms with E-state index in [-0.39, 0.29) is 17.4 Å². The molecule has 0 heterocycles. The first kappa shape index (κ1) is 16.4. The van der Waals surface area contributed by atoms with Crippen molar-refractivity contribution in [1.82, 2.24) is 4.90 Å². The van der Waals surface area contributed by atoms with Gasteiger partial charge in [-0.25, -0.2) is 0 Å². The van der Waals surface area contributed by atoms with Crippen molar-refractivity contribution in [3.8, 4) is 0 Å². The van der Waals surface area contributed by atoms with Gasteiger partial charge in [-0.2, -0.15) is 0 Å². The summed E-state index contributed by atoms with van der Waals surface area (Å²) in [5.41, 5.74) is 5.67. The van der Waals surface area contributed by atoms with E-state index in [1.54, 1.807) is 7.11 Å². The zero-order valence-corrected chi connectivity index (χ0v) is 12.8. The average molecular weight is 270 g/mol. The zero-order chi connectivity index (χ0) is 14.3. The fraction of sp³-hybridized carbons (Fsp3) is 0.933. The molecule has 0 aromatic rings. The standard InChI is InChI=1S/C15H30N2O2/c1-4-17(13(2)11-19-3)14(18)15(12-16)9-7-5-6-8-10-15/h13H,4-12,16H2,1-3H3. The van der Waals surface area contributed by atoms with Crippen LogP contribution in [0.4, 0.5) is 0 Å². The number of ether oxygens (including phenoxy) is 1. The van der Waals surface area contributed by atoms with E-state index in [1.165, 1.54) is 12.8 Å². The molecule has 0 aromatic heterocycles. The Kier molecular flexibility index (Phi) is 6.80. The molecule has 0 aliphatic heterocycles. The zero-order valence-electron chi connectivity index (χ0n) is 12.8. The fourth-order valence-corrected chi connectivity index (χ4v) is 3.20. The molecular weight excluding hydrogens is 240 g/mol.